The maximum Gasteiger partial charge on any atom is 0.407 e. The number of unbranched alkanes of at least 4 members (excludes halogenated alkanes) is 7. The number of carbonyl (C=O) groups is 4. The molecule has 2 unspecified atom stereocenters. The SMILES string of the molecule is CCCCC(CC)COC(=O)NCCCCCCNC(=O)N[C@H]1CCCC[C@@H]1NC(=O)NCCCCCCNC(=O)OCC(C)CC. The van der Waals surface area contributed by atoms with Gasteiger partial charge in [0.25, 0.3) is 0 Å². The Morgan fingerprint density at radius 2 is 1.04 bits per heavy atom. The fourth-order valence-corrected chi connectivity index (χ4v) is 5.44. The molecule has 274 valence electrons. The molecule has 0 spiro atoms. The van der Waals surface area contributed by atoms with Crippen LogP contribution in [0, 0.1) is 11.8 Å². The van der Waals surface area contributed by atoms with Crippen LogP contribution in [0.5, 0.6) is 0 Å². The third-order valence-corrected chi connectivity index (χ3v) is 8.91. The van der Waals surface area contributed by atoms with Gasteiger partial charge in [-0.2, -0.15) is 0 Å². The Balaban J connectivity index is 2.08. The molecule has 0 heterocycles. The summed E-state index contributed by atoms with van der Waals surface area (Å²) >= 11 is 0. The van der Waals surface area contributed by atoms with Crippen LogP contribution in [0.25, 0.3) is 0 Å². The molecule has 0 aromatic heterocycles. The minimum absolute atomic E-state index is 0.0935. The standard InChI is InChI=1S/C35H68N6O6/c1-5-8-19-29(7-3)27-47-35(45)39-25-18-12-10-16-23-37-33(43)41-31-21-14-13-20-30(31)40-32(42)36-22-15-9-11-17-24-38-34(44)46-26-28(4)6-2/h28-31H,5-27H2,1-4H3,(H,38,44)(H,39,45)(H2,36,40,42)(H2,37,41,43)/t28?,29?,30-,31-/m0/s1. The number of amides is 6. The molecule has 47 heavy (non-hydrogen) atoms. The van der Waals surface area contributed by atoms with Gasteiger partial charge in [-0.1, -0.05) is 91.9 Å². The van der Waals surface area contributed by atoms with Gasteiger partial charge in [-0.15, -0.1) is 0 Å². The summed E-state index contributed by atoms with van der Waals surface area (Å²) in [6.45, 7) is 11.7. The van der Waals surface area contributed by atoms with E-state index in [1.807, 2.05) is 0 Å². The monoisotopic (exact) mass is 669 g/mol. The van der Waals surface area contributed by atoms with Crippen LogP contribution in [-0.4, -0.2) is 75.7 Å². The van der Waals surface area contributed by atoms with E-state index < -0.39 is 0 Å². The van der Waals surface area contributed by atoms with Gasteiger partial charge in [0, 0.05) is 26.2 Å². The minimum Gasteiger partial charge on any atom is -0.449 e. The molecule has 0 aromatic carbocycles. The van der Waals surface area contributed by atoms with Crippen molar-refractivity contribution in [2.75, 3.05) is 39.4 Å². The quantitative estimate of drug-likeness (QED) is 0.0592. The number of alkyl carbamates (subject to hydrolysis) is 2. The lowest BCUT2D eigenvalue weighted by molar-refractivity contribution is 0.122. The molecule has 0 saturated heterocycles. The van der Waals surface area contributed by atoms with Gasteiger partial charge in [0.05, 0.1) is 25.3 Å². The number of hydrogen-bond donors (Lipinski definition) is 6. The Morgan fingerprint density at radius 1 is 0.596 bits per heavy atom. The van der Waals surface area contributed by atoms with Gasteiger partial charge in [-0.3, -0.25) is 0 Å². The Kier molecular flexibility index (Phi) is 25.2. The van der Waals surface area contributed by atoms with E-state index in [4.69, 9.17) is 9.47 Å². The molecule has 1 saturated carbocycles. The highest BCUT2D eigenvalue weighted by Crippen LogP contribution is 2.18. The molecule has 6 amide bonds. The molecule has 1 aliphatic rings. The predicted octanol–water partition coefficient (Wildman–Crippen LogP) is 6.73. The van der Waals surface area contributed by atoms with E-state index in [2.05, 4.69) is 59.6 Å². The summed E-state index contributed by atoms with van der Waals surface area (Å²) in [6.07, 6.45) is 15.8. The van der Waals surface area contributed by atoms with Gasteiger partial charge in [-0.05, 0) is 56.8 Å². The van der Waals surface area contributed by atoms with Crippen molar-refractivity contribution in [2.45, 2.75) is 149 Å². The molecule has 1 rings (SSSR count). The number of rotatable bonds is 25. The molecule has 0 aromatic rings. The van der Waals surface area contributed by atoms with Gasteiger partial charge < -0.3 is 41.4 Å². The van der Waals surface area contributed by atoms with Crippen molar-refractivity contribution < 1.29 is 28.7 Å². The second-order valence-corrected chi connectivity index (χ2v) is 13.1. The third kappa shape index (κ3) is 23.1. The largest absolute Gasteiger partial charge is 0.449 e. The van der Waals surface area contributed by atoms with Crippen LogP contribution in [0.4, 0.5) is 19.2 Å². The molecule has 1 fully saturated rings. The first kappa shape index (κ1) is 42.1. The maximum atomic E-state index is 12.5. The van der Waals surface area contributed by atoms with Crippen molar-refractivity contribution in [3.05, 3.63) is 0 Å². The Morgan fingerprint density at radius 3 is 1.47 bits per heavy atom. The minimum atomic E-state index is -0.355. The predicted molar refractivity (Wildman–Crippen MR) is 188 cm³/mol. The molecular formula is C35H68N6O6. The summed E-state index contributed by atoms with van der Waals surface area (Å²) in [5, 5.41) is 17.6. The Hall–Kier alpha value is -2.92. The average Bonchev–Trinajstić information content (AvgIpc) is 3.06. The average molecular weight is 669 g/mol. The summed E-state index contributed by atoms with van der Waals surface area (Å²) in [6, 6.07) is -0.584. The maximum absolute atomic E-state index is 12.5. The van der Waals surface area contributed by atoms with Gasteiger partial charge >= 0.3 is 24.2 Å². The molecule has 6 N–H and O–H groups in total. The number of nitrogens with one attached hydrogen (secondary N) is 6. The molecule has 12 nitrogen and oxygen atoms in total. The van der Waals surface area contributed by atoms with Gasteiger partial charge in [0.15, 0.2) is 0 Å². The third-order valence-electron chi connectivity index (χ3n) is 8.91. The van der Waals surface area contributed by atoms with Crippen molar-refractivity contribution in [1.82, 2.24) is 31.9 Å². The van der Waals surface area contributed by atoms with E-state index in [-0.39, 0.29) is 36.3 Å². The normalized spacial score (nSPS) is 17.1. The van der Waals surface area contributed by atoms with E-state index in [9.17, 15) is 19.2 Å². The fourth-order valence-electron chi connectivity index (χ4n) is 5.44. The molecule has 12 heteroatoms. The van der Waals surface area contributed by atoms with E-state index in [0.29, 0.717) is 51.2 Å². The molecule has 4 atom stereocenters. The first-order valence-corrected chi connectivity index (χ1v) is 18.7. The molecule has 0 aliphatic heterocycles. The summed E-state index contributed by atoms with van der Waals surface area (Å²) in [4.78, 5) is 48.6. The van der Waals surface area contributed by atoms with Crippen molar-refractivity contribution >= 4 is 24.2 Å². The van der Waals surface area contributed by atoms with Crippen LogP contribution in [-0.2, 0) is 9.47 Å². The number of hydrogen-bond acceptors (Lipinski definition) is 6. The van der Waals surface area contributed by atoms with E-state index in [1.165, 1.54) is 6.42 Å². The van der Waals surface area contributed by atoms with Crippen LogP contribution < -0.4 is 31.9 Å². The van der Waals surface area contributed by atoms with Crippen LogP contribution in [0.2, 0.25) is 0 Å². The van der Waals surface area contributed by atoms with Gasteiger partial charge in [0.2, 0.25) is 0 Å². The van der Waals surface area contributed by atoms with Crippen LogP contribution in [0.1, 0.15) is 137 Å². The zero-order valence-electron chi connectivity index (χ0n) is 30.0. The number of carbonyl (C=O) groups excluding carboxylic acids is 4. The van der Waals surface area contributed by atoms with Crippen molar-refractivity contribution in [2.24, 2.45) is 11.8 Å². The number of ether oxygens (including phenoxy) is 2. The summed E-state index contributed by atoms with van der Waals surface area (Å²) in [7, 11) is 0. The first-order valence-electron chi connectivity index (χ1n) is 18.7. The highest BCUT2D eigenvalue weighted by atomic mass is 16.6. The topological polar surface area (TPSA) is 159 Å². The van der Waals surface area contributed by atoms with Crippen molar-refractivity contribution in [3.63, 3.8) is 0 Å². The Labute approximate surface area is 284 Å². The van der Waals surface area contributed by atoms with Crippen molar-refractivity contribution in [3.8, 4) is 0 Å². The van der Waals surface area contributed by atoms with Crippen molar-refractivity contribution in [1.29, 1.82) is 0 Å². The van der Waals surface area contributed by atoms with E-state index >= 15 is 0 Å². The lowest BCUT2D eigenvalue weighted by Gasteiger charge is -2.32. The number of urea groups is 2. The van der Waals surface area contributed by atoms with Crippen LogP contribution >= 0.6 is 0 Å². The zero-order chi connectivity index (χ0) is 34.5. The fraction of sp³-hybridized carbons (Fsp3) is 0.886. The van der Waals surface area contributed by atoms with E-state index in [0.717, 1.165) is 103 Å². The molecule has 1 aliphatic carbocycles. The summed E-state index contributed by atoms with van der Waals surface area (Å²) < 4.78 is 10.5. The molecular weight excluding hydrogens is 600 g/mol. The molecule has 0 bridgehead atoms. The zero-order valence-corrected chi connectivity index (χ0v) is 30.0. The highest BCUT2D eigenvalue weighted by molar-refractivity contribution is 5.76. The summed E-state index contributed by atoms with van der Waals surface area (Å²) in [5.74, 6) is 0.812. The second kappa shape index (κ2) is 28.1. The van der Waals surface area contributed by atoms with Crippen LogP contribution in [0.3, 0.4) is 0 Å². The van der Waals surface area contributed by atoms with Gasteiger partial charge in [0.1, 0.15) is 0 Å². The van der Waals surface area contributed by atoms with Gasteiger partial charge in [-0.25, -0.2) is 19.2 Å². The molecule has 0 radical (unpaired) electrons. The summed E-state index contributed by atoms with van der Waals surface area (Å²) in [5.41, 5.74) is 0. The highest BCUT2D eigenvalue weighted by Gasteiger charge is 2.27. The smallest absolute Gasteiger partial charge is 0.407 e. The van der Waals surface area contributed by atoms with Crippen LogP contribution in [0.15, 0.2) is 0 Å². The Bertz CT molecular complexity index is 847. The lowest BCUT2D eigenvalue weighted by Crippen LogP contribution is -2.56. The van der Waals surface area contributed by atoms with E-state index in [1.54, 1.807) is 0 Å². The lowest BCUT2D eigenvalue weighted by atomic mass is 9.90. The second-order valence-electron chi connectivity index (χ2n) is 13.1. The first-order chi connectivity index (χ1) is 22.8.